The fourth-order valence-electron chi connectivity index (χ4n) is 7.38. The van der Waals surface area contributed by atoms with Crippen LogP contribution in [0.25, 0.3) is 0 Å². The van der Waals surface area contributed by atoms with Crippen LogP contribution in [0.1, 0.15) is 115 Å². The smallest absolute Gasteiger partial charge is 0.337 e. The van der Waals surface area contributed by atoms with Gasteiger partial charge in [0, 0.05) is 29.9 Å². The van der Waals surface area contributed by atoms with Crippen LogP contribution in [0.3, 0.4) is 0 Å². The molecular weight excluding hydrogens is 671 g/mol. The van der Waals surface area contributed by atoms with Crippen LogP contribution in [-0.4, -0.2) is 44.0 Å². The molecule has 272 valence electrons. The Morgan fingerprint density at radius 1 is 0.865 bits per heavy atom. The lowest BCUT2D eigenvalue weighted by Gasteiger charge is -2.43. The number of nitrogens with one attached hydrogen (secondary N) is 1. The minimum absolute atomic E-state index is 0.0478. The molecule has 0 spiro atoms. The number of ether oxygens (including phenoxy) is 1. The molecule has 2 aromatic carbocycles. The van der Waals surface area contributed by atoms with Gasteiger partial charge in [0.1, 0.15) is 5.75 Å². The second kappa shape index (κ2) is 14.9. The van der Waals surface area contributed by atoms with Crippen LogP contribution in [0, 0.1) is 6.92 Å². The number of hydrogen-bond acceptors (Lipinski definition) is 7. The number of imide groups is 1. The lowest BCUT2D eigenvalue weighted by atomic mass is 9.62. The lowest BCUT2D eigenvalue weighted by Crippen LogP contribution is -2.34. The Bertz CT molecular complexity index is 1950. The summed E-state index contributed by atoms with van der Waals surface area (Å²) < 4.78 is 5.75. The molecule has 8 nitrogen and oxygen atoms in total. The molecule has 2 fully saturated rings. The summed E-state index contributed by atoms with van der Waals surface area (Å²) in [5.41, 5.74) is 10.5. The molecule has 1 unspecified atom stereocenters. The highest BCUT2D eigenvalue weighted by Gasteiger charge is 2.49. The first kappa shape index (κ1) is 37.3. The van der Waals surface area contributed by atoms with Crippen molar-refractivity contribution in [2.45, 2.75) is 108 Å². The molecule has 3 heterocycles. The summed E-state index contributed by atoms with van der Waals surface area (Å²) in [4.78, 5) is 42.9. The summed E-state index contributed by atoms with van der Waals surface area (Å²) in [6.45, 7) is 14.3. The number of aromatic carboxylic acids is 1. The monoisotopic (exact) mass is 719 g/mol. The van der Waals surface area contributed by atoms with Crippen LogP contribution < -0.4 is 10.1 Å². The highest BCUT2D eigenvalue weighted by atomic mass is 32.2. The maximum Gasteiger partial charge on any atom is 0.337 e. The third-order valence-electron chi connectivity index (χ3n) is 11.0. The van der Waals surface area contributed by atoms with Gasteiger partial charge < -0.3 is 9.84 Å². The molecule has 0 radical (unpaired) electrons. The van der Waals surface area contributed by atoms with Gasteiger partial charge in [0.05, 0.1) is 23.1 Å². The van der Waals surface area contributed by atoms with Gasteiger partial charge in [-0.15, -0.1) is 0 Å². The number of carbonyl (C=O) groups excluding carboxylic acids is 2. The topological polar surface area (TPSA) is 118 Å². The Morgan fingerprint density at radius 2 is 1.54 bits per heavy atom. The molecule has 1 aliphatic heterocycles. The van der Waals surface area contributed by atoms with E-state index in [2.05, 4.69) is 75.0 Å². The summed E-state index contributed by atoms with van der Waals surface area (Å²) in [5, 5.41) is 10.9. The van der Waals surface area contributed by atoms with Crippen molar-refractivity contribution in [3.8, 4) is 5.75 Å². The zero-order valence-electron chi connectivity index (χ0n) is 31.0. The van der Waals surface area contributed by atoms with Crippen molar-refractivity contribution < 1.29 is 24.2 Å². The van der Waals surface area contributed by atoms with Crippen LogP contribution in [0.2, 0.25) is 0 Å². The summed E-state index contributed by atoms with van der Waals surface area (Å²) in [5.74, 6) is -0.349. The number of thioether (sulfide) groups is 1. The van der Waals surface area contributed by atoms with Crippen molar-refractivity contribution in [3.05, 3.63) is 123 Å². The number of aryl methyl sites for hydroxylation is 2. The van der Waals surface area contributed by atoms with E-state index in [1.165, 1.54) is 46.9 Å². The second-order valence-corrected chi connectivity index (χ2v) is 16.8. The van der Waals surface area contributed by atoms with E-state index >= 15 is 0 Å². The first-order valence-corrected chi connectivity index (χ1v) is 19.1. The Morgan fingerprint density at radius 3 is 2.08 bits per heavy atom. The van der Waals surface area contributed by atoms with E-state index in [9.17, 15) is 14.4 Å². The molecule has 0 bridgehead atoms. The third kappa shape index (κ3) is 8.10. The quantitative estimate of drug-likeness (QED) is 0.167. The molecule has 9 heteroatoms. The van der Waals surface area contributed by atoms with Gasteiger partial charge in [-0.05, 0) is 120 Å². The summed E-state index contributed by atoms with van der Waals surface area (Å²) in [7, 11) is 0. The summed E-state index contributed by atoms with van der Waals surface area (Å²) in [6, 6.07) is 20.2. The van der Waals surface area contributed by atoms with Gasteiger partial charge >= 0.3 is 5.97 Å². The van der Waals surface area contributed by atoms with Crippen molar-refractivity contribution in [2.24, 2.45) is 0 Å². The van der Waals surface area contributed by atoms with E-state index < -0.39 is 5.97 Å². The average molecular weight is 720 g/mol. The zero-order valence-corrected chi connectivity index (χ0v) is 31.9. The first-order chi connectivity index (χ1) is 24.7. The van der Waals surface area contributed by atoms with Gasteiger partial charge in [-0.3, -0.25) is 24.9 Å². The van der Waals surface area contributed by atoms with Crippen molar-refractivity contribution in [3.63, 3.8) is 0 Å². The Hall–Kier alpha value is -4.50. The van der Waals surface area contributed by atoms with E-state index in [1.54, 1.807) is 6.07 Å². The number of amides is 2. The first-order valence-electron chi connectivity index (χ1n) is 18.2. The van der Waals surface area contributed by atoms with Crippen LogP contribution in [-0.2, 0) is 40.3 Å². The van der Waals surface area contributed by atoms with Gasteiger partial charge in [-0.25, -0.2) is 4.79 Å². The highest BCUT2D eigenvalue weighted by molar-refractivity contribution is 8.15. The number of rotatable bonds is 10. The number of hydrogen-bond donors (Lipinski definition) is 2. The number of benzene rings is 2. The maximum absolute atomic E-state index is 11.6. The largest absolute Gasteiger partial charge is 0.493 e. The number of fused-ring (bicyclic) bond motifs is 1. The van der Waals surface area contributed by atoms with Crippen LogP contribution in [0.4, 0.5) is 4.79 Å². The standard InChI is InChI=1S/C24H29NO2.C19H20N2O3S/c1-15-12-18-19(23(4,5)9-8-22(18,2)3)13-17(15)24(10-11-24)20-7-6-16(14-25-20)21(26)27;1-2-13-3-6-15(20-12-13)9-10-24-16-7-4-14(5-8-16)11-17-18(22)21-19(23)25-17/h6-7,12-14H,8-11H2,1-5H3,(H,26,27);3-8,12,17H,2,9-11H2,1H3,(H,21,22,23). The molecule has 2 aliphatic carbocycles. The number of pyridine rings is 2. The molecule has 1 atom stereocenters. The van der Waals surface area contributed by atoms with Gasteiger partial charge in [0.25, 0.3) is 5.24 Å². The van der Waals surface area contributed by atoms with Crippen LogP contribution in [0.5, 0.6) is 5.75 Å². The van der Waals surface area contributed by atoms with Gasteiger partial charge in [0.2, 0.25) is 5.91 Å². The zero-order chi connectivity index (χ0) is 37.3. The number of nitrogens with zero attached hydrogens (tertiary/aromatic N) is 2. The molecule has 52 heavy (non-hydrogen) atoms. The predicted molar refractivity (Wildman–Crippen MR) is 206 cm³/mol. The van der Waals surface area contributed by atoms with E-state index in [1.807, 2.05) is 42.6 Å². The molecule has 1 saturated carbocycles. The molecule has 2 N–H and O–H groups in total. The van der Waals surface area contributed by atoms with Crippen molar-refractivity contribution >= 4 is 28.9 Å². The van der Waals surface area contributed by atoms with Crippen LogP contribution in [0.15, 0.2) is 73.1 Å². The maximum atomic E-state index is 11.6. The molecule has 4 aromatic rings. The minimum Gasteiger partial charge on any atom is -0.493 e. The Balaban J connectivity index is 0.000000179. The van der Waals surface area contributed by atoms with E-state index in [4.69, 9.17) is 9.84 Å². The van der Waals surface area contributed by atoms with Gasteiger partial charge in [-0.2, -0.15) is 0 Å². The fourth-order valence-corrected chi connectivity index (χ4v) is 8.24. The Kier molecular flexibility index (Phi) is 10.6. The van der Waals surface area contributed by atoms with Crippen molar-refractivity contribution in [1.82, 2.24) is 15.3 Å². The second-order valence-electron chi connectivity index (χ2n) is 15.6. The Labute approximate surface area is 311 Å². The van der Waals surface area contributed by atoms with Crippen molar-refractivity contribution in [1.29, 1.82) is 0 Å². The van der Waals surface area contributed by atoms with Crippen molar-refractivity contribution in [2.75, 3.05) is 6.61 Å². The van der Waals surface area contributed by atoms with E-state index in [-0.39, 0.29) is 38.2 Å². The summed E-state index contributed by atoms with van der Waals surface area (Å²) >= 11 is 1.05. The molecule has 1 saturated heterocycles. The summed E-state index contributed by atoms with van der Waals surface area (Å²) in [6.07, 6.45) is 10.3. The molecule has 2 aromatic heterocycles. The SMILES string of the molecule is CCc1ccc(CCOc2ccc(CC3SC(=O)NC3=O)cc2)nc1.Cc1cc2c(cc1C1(c3ccc(C(=O)O)cn3)CC1)C(C)(C)CCC2(C)C. The highest BCUT2D eigenvalue weighted by Crippen LogP contribution is 2.56. The van der Waals surface area contributed by atoms with E-state index in [0.717, 1.165) is 60.1 Å². The number of carboxylic acid groups (broad SMARTS) is 1. The van der Waals surface area contributed by atoms with Gasteiger partial charge in [-0.1, -0.05) is 76.7 Å². The number of carbonyl (C=O) groups is 3. The number of aromatic nitrogens is 2. The normalized spacial score (nSPS) is 19.2. The third-order valence-corrected chi connectivity index (χ3v) is 12.0. The average Bonchev–Trinajstić information content (AvgIpc) is 3.86. The number of carboxylic acids is 1. The molecule has 2 amide bonds. The van der Waals surface area contributed by atoms with E-state index in [0.29, 0.717) is 13.0 Å². The lowest BCUT2D eigenvalue weighted by molar-refractivity contribution is -0.118. The minimum atomic E-state index is -0.923. The van der Waals surface area contributed by atoms with Gasteiger partial charge in [0.15, 0.2) is 0 Å². The predicted octanol–water partition coefficient (Wildman–Crippen LogP) is 8.68. The molecular formula is C43H49N3O5S. The fraction of sp³-hybridized carbons (Fsp3) is 0.419. The molecule has 3 aliphatic rings. The molecule has 7 rings (SSSR count). The van der Waals surface area contributed by atoms with Crippen LogP contribution >= 0.6 is 11.8 Å².